The molecule has 0 aliphatic carbocycles. The van der Waals surface area contributed by atoms with Crippen LogP contribution >= 0.6 is 11.8 Å². The highest BCUT2D eigenvalue weighted by atomic mass is 32.2. The SMILES string of the molecule is Cn1ccnc1Sc1ccc(F)cc1NC(=O)Cn1ncc(=O)c2ccccc21. The number of hydrogen-bond donors (Lipinski definition) is 1. The maximum absolute atomic E-state index is 13.8. The number of carbonyl (C=O) groups excluding carboxylic acids is 1. The van der Waals surface area contributed by atoms with Crippen molar-refractivity contribution in [2.24, 2.45) is 7.05 Å². The third kappa shape index (κ3) is 4.04. The molecule has 29 heavy (non-hydrogen) atoms. The fraction of sp³-hybridized carbons (Fsp3) is 0.100. The Morgan fingerprint density at radius 3 is 2.86 bits per heavy atom. The van der Waals surface area contributed by atoms with E-state index in [1.165, 1.54) is 34.8 Å². The predicted octanol–water partition coefficient (Wildman–Crippen LogP) is 3.06. The molecule has 7 nitrogen and oxygen atoms in total. The molecular weight excluding hydrogens is 393 g/mol. The lowest BCUT2D eigenvalue weighted by Gasteiger charge is -2.13. The molecule has 2 aromatic heterocycles. The maximum atomic E-state index is 13.8. The van der Waals surface area contributed by atoms with E-state index >= 15 is 0 Å². The zero-order valence-electron chi connectivity index (χ0n) is 15.4. The zero-order valence-corrected chi connectivity index (χ0v) is 16.2. The second kappa shape index (κ2) is 7.88. The smallest absolute Gasteiger partial charge is 0.246 e. The summed E-state index contributed by atoms with van der Waals surface area (Å²) in [6.45, 7) is -0.121. The number of nitrogens with zero attached hydrogens (tertiary/aromatic N) is 4. The normalized spacial score (nSPS) is 11.0. The molecule has 4 rings (SSSR count). The molecule has 0 saturated heterocycles. The largest absolute Gasteiger partial charge is 0.329 e. The monoisotopic (exact) mass is 409 g/mol. The number of fused-ring (bicyclic) bond motifs is 1. The Morgan fingerprint density at radius 1 is 1.24 bits per heavy atom. The van der Waals surface area contributed by atoms with Crippen molar-refractivity contribution in [2.45, 2.75) is 16.6 Å². The summed E-state index contributed by atoms with van der Waals surface area (Å²) in [4.78, 5) is 29.5. The number of benzene rings is 2. The average Bonchev–Trinajstić information content (AvgIpc) is 3.11. The summed E-state index contributed by atoms with van der Waals surface area (Å²) in [6.07, 6.45) is 4.65. The summed E-state index contributed by atoms with van der Waals surface area (Å²) >= 11 is 1.32. The fourth-order valence-electron chi connectivity index (χ4n) is 2.85. The van der Waals surface area contributed by atoms with Crippen molar-refractivity contribution in [1.29, 1.82) is 0 Å². The molecule has 0 aliphatic rings. The average molecular weight is 409 g/mol. The van der Waals surface area contributed by atoms with E-state index in [4.69, 9.17) is 0 Å². The van der Waals surface area contributed by atoms with Gasteiger partial charge in [-0.25, -0.2) is 9.37 Å². The third-order valence-electron chi connectivity index (χ3n) is 4.25. The molecule has 0 fully saturated rings. The molecule has 0 atom stereocenters. The van der Waals surface area contributed by atoms with Gasteiger partial charge in [-0.1, -0.05) is 12.1 Å². The molecular formula is C20H16FN5O2S. The van der Waals surface area contributed by atoms with Crippen molar-refractivity contribution in [3.8, 4) is 0 Å². The quantitative estimate of drug-likeness (QED) is 0.548. The predicted molar refractivity (Wildman–Crippen MR) is 108 cm³/mol. The number of aryl methyl sites for hydroxylation is 1. The Morgan fingerprint density at radius 2 is 2.07 bits per heavy atom. The van der Waals surface area contributed by atoms with Crippen molar-refractivity contribution in [2.75, 3.05) is 5.32 Å². The Labute approximate surface area is 169 Å². The molecule has 0 spiro atoms. The first-order chi connectivity index (χ1) is 14.0. The number of nitrogens with one attached hydrogen (secondary N) is 1. The van der Waals surface area contributed by atoms with Crippen LogP contribution in [0.2, 0.25) is 0 Å². The van der Waals surface area contributed by atoms with Crippen LogP contribution < -0.4 is 10.7 Å². The molecule has 0 aliphatic heterocycles. The highest BCUT2D eigenvalue weighted by molar-refractivity contribution is 7.99. The number of carbonyl (C=O) groups is 1. The van der Waals surface area contributed by atoms with Crippen LogP contribution in [0.15, 0.2) is 75.9 Å². The van der Waals surface area contributed by atoms with Crippen molar-refractivity contribution >= 4 is 34.3 Å². The molecule has 1 N–H and O–H groups in total. The first kappa shape index (κ1) is 18.9. The minimum Gasteiger partial charge on any atom is -0.329 e. The van der Waals surface area contributed by atoms with Crippen LogP contribution in [-0.4, -0.2) is 25.2 Å². The van der Waals surface area contributed by atoms with Crippen molar-refractivity contribution in [1.82, 2.24) is 19.3 Å². The van der Waals surface area contributed by atoms with Crippen LogP contribution in [0.1, 0.15) is 0 Å². The van der Waals surface area contributed by atoms with E-state index in [0.29, 0.717) is 26.6 Å². The molecule has 0 saturated carbocycles. The van der Waals surface area contributed by atoms with E-state index in [-0.39, 0.29) is 12.0 Å². The summed E-state index contributed by atoms with van der Waals surface area (Å²) in [6, 6.07) is 11.1. The van der Waals surface area contributed by atoms with Gasteiger partial charge in [-0.3, -0.25) is 14.3 Å². The van der Waals surface area contributed by atoms with Crippen molar-refractivity contribution < 1.29 is 9.18 Å². The van der Waals surface area contributed by atoms with Crippen molar-refractivity contribution in [3.63, 3.8) is 0 Å². The summed E-state index contributed by atoms with van der Waals surface area (Å²) in [5.74, 6) is -0.852. The molecule has 1 amide bonds. The molecule has 146 valence electrons. The molecule has 0 radical (unpaired) electrons. The van der Waals surface area contributed by atoms with E-state index < -0.39 is 11.7 Å². The van der Waals surface area contributed by atoms with Gasteiger partial charge in [-0.2, -0.15) is 5.10 Å². The molecule has 0 bridgehead atoms. The van der Waals surface area contributed by atoms with Gasteiger partial charge >= 0.3 is 0 Å². The summed E-state index contributed by atoms with van der Waals surface area (Å²) in [5.41, 5.74) is 0.682. The zero-order chi connectivity index (χ0) is 20.4. The van der Waals surface area contributed by atoms with Gasteiger partial charge in [0, 0.05) is 29.7 Å². The lowest BCUT2D eigenvalue weighted by molar-refractivity contribution is -0.116. The molecule has 9 heteroatoms. The highest BCUT2D eigenvalue weighted by Crippen LogP contribution is 2.32. The summed E-state index contributed by atoms with van der Waals surface area (Å²) in [7, 11) is 1.85. The van der Waals surface area contributed by atoms with E-state index in [1.807, 2.05) is 11.6 Å². The van der Waals surface area contributed by atoms with Crippen LogP contribution in [0.25, 0.3) is 10.9 Å². The standard InChI is InChI=1S/C20H16FN5O2S/c1-25-9-8-22-20(25)29-18-7-6-13(21)10-15(18)24-19(28)12-26-16-5-3-2-4-14(16)17(27)11-23-26/h2-11H,12H2,1H3,(H,24,28). The van der Waals surface area contributed by atoms with Gasteiger partial charge in [-0.15, -0.1) is 0 Å². The van der Waals surface area contributed by atoms with Gasteiger partial charge in [0.05, 0.1) is 17.4 Å². The second-order valence-corrected chi connectivity index (χ2v) is 7.30. The molecule has 2 heterocycles. The Hall–Kier alpha value is -3.46. The summed E-state index contributed by atoms with van der Waals surface area (Å²) in [5, 5.41) is 7.97. The topological polar surface area (TPSA) is 81.8 Å². The number of aromatic nitrogens is 4. The van der Waals surface area contributed by atoms with Crippen molar-refractivity contribution in [3.05, 3.63) is 77.1 Å². The van der Waals surface area contributed by atoms with Gasteiger partial charge in [0.25, 0.3) is 0 Å². The number of anilines is 1. The van der Waals surface area contributed by atoms with Gasteiger partial charge in [0.15, 0.2) is 5.16 Å². The Bertz CT molecular complexity index is 1270. The number of hydrogen-bond acceptors (Lipinski definition) is 5. The van der Waals surface area contributed by atoms with Gasteiger partial charge in [0.1, 0.15) is 12.4 Å². The first-order valence-electron chi connectivity index (χ1n) is 8.71. The van der Waals surface area contributed by atoms with Crippen LogP contribution in [0.4, 0.5) is 10.1 Å². The summed E-state index contributed by atoms with van der Waals surface area (Å²) < 4.78 is 17.1. The van der Waals surface area contributed by atoms with Crippen LogP contribution in [0, 0.1) is 5.82 Å². The van der Waals surface area contributed by atoms with Gasteiger partial charge < -0.3 is 9.88 Å². The van der Waals surface area contributed by atoms with Crippen LogP contribution in [0.5, 0.6) is 0 Å². The lowest BCUT2D eigenvalue weighted by Crippen LogP contribution is -2.22. The molecule has 2 aromatic carbocycles. The van der Waals surface area contributed by atoms with E-state index in [0.717, 1.165) is 0 Å². The van der Waals surface area contributed by atoms with E-state index in [2.05, 4.69) is 15.4 Å². The number of imidazole rings is 1. The van der Waals surface area contributed by atoms with Crippen LogP contribution in [0.3, 0.4) is 0 Å². The second-order valence-electron chi connectivity index (χ2n) is 6.30. The first-order valence-corrected chi connectivity index (χ1v) is 9.52. The van der Waals surface area contributed by atoms with E-state index in [9.17, 15) is 14.0 Å². The number of halogens is 1. The Kier molecular flexibility index (Phi) is 5.13. The van der Waals surface area contributed by atoms with Crippen LogP contribution in [-0.2, 0) is 18.4 Å². The molecule has 4 aromatic rings. The maximum Gasteiger partial charge on any atom is 0.246 e. The minimum absolute atomic E-state index is 0.121. The van der Waals surface area contributed by atoms with E-state index in [1.54, 1.807) is 42.7 Å². The van der Waals surface area contributed by atoms with Gasteiger partial charge in [0.2, 0.25) is 11.3 Å². The number of amides is 1. The minimum atomic E-state index is -0.462. The third-order valence-corrected chi connectivity index (χ3v) is 5.40. The number of rotatable bonds is 5. The fourth-order valence-corrected chi connectivity index (χ4v) is 3.72. The van der Waals surface area contributed by atoms with Gasteiger partial charge in [-0.05, 0) is 42.1 Å². The highest BCUT2D eigenvalue weighted by Gasteiger charge is 2.13. The number of para-hydroxylation sites is 1. The molecule has 0 unspecified atom stereocenters. The lowest BCUT2D eigenvalue weighted by atomic mass is 10.2. The Balaban J connectivity index is 1.59.